The van der Waals surface area contributed by atoms with Crippen LogP contribution in [-0.4, -0.2) is 36.4 Å². The molecule has 0 aliphatic heterocycles. The van der Waals surface area contributed by atoms with Gasteiger partial charge in [-0.25, -0.2) is 36.5 Å². The Morgan fingerprint density at radius 2 is 0.909 bits per heavy atom. The number of nitrogens with zero attached hydrogens (tertiary/aromatic N) is 8. The van der Waals surface area contributed by atoms with Gasteiger partial charge in [0.1, 0.15) is 11.4 Å². The number of nitrogens with two attached hydrogens (primary N) is 2. The third-order valence-electron chi connectivity index (χ3n) is 7.15. The van der Waals surface area contributed by atoms with Crippen molar-refractivity contribution in [3.63, 3.8) is 0 Å². The quantitative estimate of drug-likeness (QED) is 0.206. The molecule has 55 heavy (non-hydrogen) atoms. The average Bonchev–Trinajstić information content (AvgIpc) is 3.57. The second-order valence-corrected chi connectivity index (χ2v) is 15.0. The standard InChI is InChI=1S/2C16H14ClN5O4S.Cr/c2*1-9-15(20-19-13-8-10(17)2-7-14(13)23)16(24)22(21-9)11-3-5-12(6-4-11)27(18,25)26;/h2*2-8,23-24H,1H3,(H2,18,25,26);/q;;+3/p-3. The third-order valence-corrected chi connectivity index (χ3v) is 9.48. The molecule has 2 heterocycles. The van der Waals surface area contributed by atoms with Crippen LogP contribution in [0.1, 0.15) is 12.8 Å². The van der Waals surface area contributed by atoms with Gasteiger partial charge >= 0.3 is 18.8 Å². The van der Waals surface area contributed by atoms with Gasteiger partial charge < -0.3 is 20.4 Å². The molecule has 0 aliphatic carbocycles. The summed E-state index contributed by atoms with van der Waals surface area (Å²) in [6.45, 7) is 3.11. The molecule has 0 amide bonds. The van der Waals surface area contributed by atoms with Crippen molar-refractivity contribution in [2.75, 3.05) is 0 Å². The van der Waals surface area contributed by atoms with E-state index in [-0.39, 0.29) is 74.2 Å². The molecule has 0 unspecified atom stereocenters. The Morgan fingerprint density at radius 3 is 1.22 bits per heavy atom. The summed E-state index contributed by atoms with van der Waals surface area (Å²) in [6.07, 6.45) is 0. The normalized spacial score (nSPS) is 11.7. The number of hydrogen-bond donors (Lipinski definition) is 2. The maximum Gasteiger partial charge on any atom is 3.00 e. The molecular formula is C32H25Cl2CrN10O8S2. The van der Waals surface area contributed by atoms with E-state index in [0.717, 1.165) is 9.36 Å². The van der Waals surface area contributed by atoms with Crippen molar-refractivity contribution in [1.29, 1.82) is 0 Å². The monoisotopic (exact) mass is 863 g/mol. The first-order valence-corrected chi connectivity index (χ1v) is 18.7. The van der Waals surface area contributed by atoms with Gasteiger partial charge in [0.25, 0.3) is 0 Å². The first kappa shape index (κ1) is 42.4. The smallest absolute Gasteiger partial charge is 0.871 e. The predicted octanol–water partition coefficient (Wildman–Crippen LogP) is 4.20. The van der Waals surface area contributed by atoms with Gasteiger partial charge in [-0.1, -0.05) is 46.8 Å². The van der Waals surface area contributed by atoms with Crippen molar-refractivity contribution in [2.24, 2.45) is 30.7 Å². The van der Waals surface area contributed by atoms with Crippen molar-refractivity contribution in [3.05, 3.63) is 106 Å². The zero-order chi connectivity index (χ0) is 39.5. The van der Waals surface area contributed by atoms with Gasteiger partial charge in [0.15, 0.2) is 0 Å². The van der Waals surface area contributed by atoms with Gasteiger partial charge in [0.2, 0.25) is 20.0 Å². The van der Waals surface area contributed by atoms with Crippen LogP contribution in [0.15, 0.2) is 115 Å². The Morgan fingerprint density at radius 1 is 0.582 bits per heavy atom. The SMILES string of the molecule is Cc1nn(-c2ccc(S(N)(=O)=O)cc2)c([O-])c1N=Nc1cc(Cl)ccc1[O-].Cc1nn(-c2ccc(S(N)(=O)=O)cc2)c([O-])c1N=Nc1cc(Cl)ccc1[O-].[Cr+3].[H+]. The van der Waals surface area contributed by atoms with Crippen LogP contribution < -0.4 is 30.7 Å². The van der Waals surface area contributed by atoms with Gasteiger partial charge in [-0.05, 0) is 86.6 Å². The van der Waals surface area contributed by atoms with E-state index in [2.05, 4.69) is 30.7 Å². The molecule has 4 aromatic carbocycles. The molecule has 0 fully saturated rings. The summed E-state index contributed by atoms with van der Waals surface area (Å²) in [5.41, 5.74) is 1.10. The number of primary sulfonamides is 2. The summed E-state index contributed by atoms with van der Waals surface area (Å²) in [5.74, 6) is -1.93. The van der Waals surface area contributed by atoms with Crippen molar-refractivity contribution in [3.8, 4) is 34.6 Å². The van der Waals surface area contributed by atoms with Crippen molar-refractivity contribution >= 4 is 66.0 Å². The van der Waals surface area contributed by atoms with E-state index in [1.54, 1.807) is 13.8 Å². The number of rotatable bonds is 8. The average molecular weight is 865 g/mol. The Labute approximate surface area is 335 Å². The first-order chi connectivity index (χ1) is 25.3. The van der Waals surface area contributed by atoms with E-state index in [1.807, 2.05) is 0 Å². The van der Waals surface area contributed by atoms with Crippen LogP contribution in [-0.2, 0) is 37.4 Å². The number of aryl methyl sites for hydroxylation is 2. The number of benzene rings is 4. The molecule has 0 aliphatic rings. The number of sulfonamides is 2. The number of aromatic nitrogens is 4. The molecule has 2 aromatic heterocycles. The first-order valence-electron chi connectivity index (χ1n) is 14.9. The molecule has 283 valence electrons. The maximum atomic E-state index is 12.5. The zero-order valence-corrected chi connectivity index (χ0v) is 32.5. The largest absolute Gasteiger partial charge is 3.00 e. The number of azo groups is 2. The predicted molar refractivity (Wildman–Crippen MR) is 190 cm³/mol. The maximum absolute atomic E-state index is 12.5. The van der Waals surface area contributed by atoms with Crippen molar-refractivity contribution in [1.82, 2.24) is 19.6 Å². The van der Waals surface area contributed by atoms with Gasteiger partial charge in [0.05, 0.1) is 43.9 Å². The number of halogens is 2. The minimum Gasteiger partial charge on any atom is -0.871 e. The number of hydrogen-bond acceptors (Lipinski definition) is 14. The molecule has 1 radical (unpaired) electrons. The zero-order valence-electron chi connectivity index (χ0n) is 29.1. The fraction of sp³-hybridized carbons (Fsp3) is 0.0625. The van der Waals surface area contributed by atoms with Crippen LogP contribution in [0.5, 0.6) is 23.3 Å². The van der Waals surface area contributed by atoms with Crippen LogP contribution in [0.25, 0.3) is 11.4 Å². The Kier molecular flexibility index (Phi) is 13.1. The van der Waals surface area contributed by atoms with Gasteiger partial charge in [-0.15, -0.1) is 10.2 Å². The van der Waals surface area contributed by atoms with Crippen LogP contribution in [0.4, 0.5) is 22.7 Å². The molecule has 6 rings (SSSR count). The molecule has 0 saturated carbocycles. The van der Waals surface area contributed by atoms with Crippen molar-refractivity contribution in [2.45, 2.75) is 23.6 Å². The Balaban J connectivity index is 0.000000290. The molecular weight excluding hydrogens is 839 g/mol. The Bertz CT molecular complexity index is 2480. The van der Waals surface area contributed by atoms with Gasteiger partial charge in [-0.3, -0.25) is 0 Å². The summed E-state index contributed by atoms with van der Waals surface area (Å²) in [5, 5.41) is 82.7. The van der Waals surface area contributed by atoms with E-state index < -0.39 is 31.8 Å². The molecule has 18 nitrogen and oxygen atoms in total. The minimum atomic E-state index is -3.84. The third kappa shape index (κ3) is 10.0. The van der Waals surface area contributed by atoms with Crippen LogP contribution in [0.3, 0.4) is 0 Å². The van der Waals surface area contributed by atoms with E-state index >= 15 is 0 Å². The van der Waals surface area contributed by atoms with Gasteiger partial charge in [-0.2, -0.15) is 20.4 Å². The Hall–Kier alpha value is -5.37. The van der Waals surface area contributed by atoms with E-state index in [9.17, 15) is 37.3 Å². The summed E-state index contributed by atoms with van der Waals surface area (Å²) in [6, 6.07) is 18.6. The van der Waals surface area contributed by atoms with E-state index in [4.69, 9.17) is 33.5 Å². The van der Waals surface area contributed by atoms with E-state index in [0.29, 0.717) is 21.4 Å². The second kappa shape index (κ2) is 17.0. The van der Waals surface area contributed by atoms with Crippen LogP contribution in [0.2, 0.25) is 10.0 Å². The van der Waals surface area contributed by atoms with E-state index in [1.165, 1.54) is 84.9 Å². The minimum absolute atomic E-state index is 0. The molecule has 6 aromatic rings. The summed E-state index contributed by atoms with van der Waals surface area (Å²) < 4.78 is 47.3. The molecule has 0 saturated heterocycles. The fourth-order valence-electron chi connectivity index (χ4n) is 4.48. The molecule has 0 atom stereocenters. The summed E-state index contributed by atoms with van der Waals surface area (Å²) >= 11 is 11.6. The molecule has 23 heteroatoms. The second-order valence-electron chi connectivity index (χ2n) is 11.0. The molecule has 0 bridgehead atoms. The topological polar surface area (TPSA) is 298 Å². The molecule has 0 spiro atoms. The van der Waals surface area contributed by atoms with Crippen LogP contribution >= 0.6 is 23.2 Å². The van der Waals surface area contributed by atoms with Gasteiger partial charge in [0, 0.05) is 21.8 Å². The van der Waals surface area contributed by atoms with Crippen LogP contribution in [0, 0.1) is 13.8 Å². The fourth-order valence-corrected chi connectivity index (χ4v) is 5.84. The molecule has 4 N–H and O–H groups in total. The summed E-state index contributed by atoms with van der Waals surface area (Å²) in [4.78, 5) is -0.183. The summed E-state index contributed by atoms with van der Waals surface area (Å²) in [7, 11) is -7.69. The van der Waals surface area contributed by atoms with Crippen molar-refractivity contribution < 1.29 is 56.0 Å².